The molecule has 0 fully saturated rings. The number of aromatic nitrogens is 1. The third-order valence-corrected chi connectivity index (χ3v) is 4.59. The van der Waals surface area contributed by atoms with Crippen molar-refractivity contribution < 1.29 is 0 Å². The second-order valence-corrected chi connectivity index (χ2v) is 5.82. The number of anilines is 1. The van der Waals surface area contributed by atoms with E-state index in [1.165, 1.54) is 21.3 Å². The van der Waals surface area contributed by atoms with Crippen LogP contribution in [-0.4, -0.2) is 19.5 Å². The molecule has 14 heavy (non-hydrogen) atoms. The zero-order chi connectivity index (χ0) is 9.54. The van der Waals surface area contributed by atoms with Crippen LogP contribution in [0, 0.1) is 0 Å². The van der Waals surface area contributed by atoms with Crippen LogP contribution in [0.2, 0.25) is 0 Å². The first kappa shape index (κ1) is 8.27. The van der Waals surface area contributed by atoms with Crippen LogP contribution in [0.3, 0.4) is 0 Å². The summed E-state index contributed by atoms with van der Waals surface area (Å²) in [5, 5.41) is 0. The molecule has 70 valence electrons. The molecule has 1 aliphatic rings. The van der Waals surface area contributed by atoms with Gasteiger partial charge in [-0.05, 0) is 0 Å². The minimum absolute atomic E-state index is 0.322. The summed E-state index contributed by atoms with van der Waals surface area (Å²) >= 11 is 0.322. The Bertz CT molecular complexity index is 488. The second kappa shape index (κ2) is 2.97. The maximum absolute atomic E-state index is 5.79. The molecule has 0 spiro atoms. The quantitative estimate of drug-likeness (QED) is 0.718. The van der Waals surface area contributed by atoms with Gasteiger partial charge >= 0.3 is 88.3 Å². The van der Waals surface area contributed by atoms with Crippen molar-refractivity contribution in [2.75, 3.05) is 5.73 Å². The van der Waals surface area contributed by atoms with Gasteiger partial charge < -0.3 is 0 Å². The van der Waals surface area contributed by atoms with Gasteiger partial charge in [-0.15, -0.1) is 0 Å². The number of benzene rings is 1. The van der Waals surface area contributed by atoms with E-state index < -0.39 is 0 Å². The molecule has 0 saturated carbocycles. The van der Waals surface area contributed by atoms with Crippen molar-refractivity contribution in [2.45, 2.75) is 12.8 Å². The van der Waals surface area contributed by atoms with Gasteiger partial charge in [0, 0.05) is 0 Å². The number of nitrogens with zero attached hydrogens (tertiary/aromatic N) is 1. The first-order chi connectivity index (χ1) is 6.84. The molecule has 1 aromatic heterocycles. The number of nitrogen functional groups attached to an aromatic ring is 1. The fourth-order valence-electron chi connectivity index (χ4n) is 1.97. The summed E-state index contributed by atoms with van der Waals surface area (Å²) in [6.45, 7) is 0. The zero-order valence-electron chi connectivity index (χ0n) is 7.66. The Morgan fingerprint density at radius 2 is 2.07 bits per heavy atom. The molecule has 0 bridgehead atoms. The Labute approximate surface area is 88.5 Å². The second-order valence-electron chi connectivity index (χ2n) is 3.48. The summed E-state index contributed by atoms with van der Waals surface area (Å²) in [6.07, 6.45) is 2.30. The normalized spacial score (nSPS) is 13.4. The van der Waals surface area contributed by atoms with Crippen LogP contribution < -0.4 is 5.73 Å². The molecule has 2 N–H and O–H groups in total. The van der Waals surface area contributed by atoms with Gasteiger partial charge in [-0.25, -0.2) is 0 Å². The number of nitrogens with two attached hydrogens (primary N) is 1. The minimum atomic E-state index is 0.322. The molecule has 1 aliphatic carbocycles. The van der Waals surface area contributed by atoms with E-state index in [9.17, 15) is 0 Å². The summed E-state index contributed by atoms with van der Waals surface area (Å²) in [5.41, 5.74) is 9.68. The monoisotopic (exact) mass is 250 g/mol. The predicted molar refractivity (Wildman–Crippen MR) is 58.4 cm³/mol. The number of fused-ring (bicyclic) bond motifs is 3. The van der Waals surface area contributed by atoms with Crippen molar-refractivity contribution >= 4 is 19.2 Å². The molecular formula is C11H10N2Se. The number of rotatable bonds is 0. The molecule has 2 aromatic rings. The van der Waals surface area contributed by atoms with Gasteiger partial charge in [-0.2, -0.15) is 0 Å². The van der Waals surface area contributed by atoms with Crippen LogP contribution in [0.5, 0.6) is 0 Å². The van der Waals surface area contributed by atoms with E-state index in [2.05, 4.69) is 29.2 Å². The van der Waals surface area contributed by atoms with Crippen LogP contribution in [0.1, 0.15) is 10.0 Å². The molecule has 3 heteroatoms. The molecule has 3 rings (SSSR count). The van der Waals surface area contributed by atoms with Crippen LogP contribution in [-0.2, 0) is 12.8 Å². The molecule has 0 radical (unpaired) electrons. The average Bonchev–Trinajstić information content (AvgIpc) is 2.59. The molecule has 0 aliphatic heterocycles. The van der Waals surface area contributed by atoms with E-state index in [-0.39, 0.29) is 0 Å². The summed E-state index contributed by atoms with van der Waals surface area (Å²) < 4.78 is 2.31. The maximum atomic E-state index is 5.79. The molecule has 0 unspecified atom stereocenters. The summed E-state index contributed by atoms with van der Waals surface area (Å²) in [7, 11) is 0. The van der Waals surface area contributed by atoms with Gasteiger partial charge in [0.1, 0.15) is 0 Å². The molecule has 0 atom stereocenters. The van der Waals surface area contributed by atoms with Crippen molar-refractivity contribution in [3.05, 3.63) is 34.3 Å². The number of aryl methyl sites for hydroxylation is 2. The van der Waals surface area contributed by atoms with Crippen molar-refractivity contribution in [2.24, 2.45) is 0 Å². The van der Waals surface area contributed by atoms with Gasteiger partial charge in [-0.3, -0.25) is 0 Å². The Balaban J connectivity index is 2.28. The van der Waals surface area contributed by atoms with E-state index in [1.807, 2.05) is 0 Å². The van der Waals surface area contributed by atoms with E-state index in [1.54, 1.807) is 0 Å². The first-order valence-corrected chi connectivity index (χ1v) is 6.39. The standard InChI is InChI=1S/C11H10N2Se/c12-11-13-10-8-4-2-1-3-7(8)5-6-9(10)14-11/h1-4H,5-6H2,(H2,12,13). The van der Waals surface area contributed by atoms with E-state index >= 15 is 0 Å². The Hall–Kier alpha value is -1.05. The average molecular weight is 249 g/mol. The van der Waals surface area contributed by atoms with Crippen LogP contribution in [0.4, 0.5) is 4.69 Å². The Morgan fingerprint density at radius 3 is 3.00 bits per heavy atom. The third kappa shape index (κ3) is 1.13. The van der Waals surface area contributed by atoms with Crippen molar-refractivity contribution in [1.82, 2.24) is 4.98 Å². The fraction of sp³-hybridized carbons (Fsp3) is 0.182. The zero-order valence-corrected chi connectivity index (χ0v) is 9.37. The molecule has 1 heterocycles. The molecule has 0 amide bonds. The van der Waals surface area contributed by atoms with Crippen LogP contribution in [0.15, 0.2) is 24.3 Å². The van der Waals surface area contributed by atoms with Crippen LogP contribution >= 0.6 is 0 Å². The van der Waals surface area contributed by atoms with Gasteiger partial charge in [-0.1, -0.05) is 0 Å². The van der Waals surface area contributed by atoms with Crippen LogP contribution in [0.25, 0.3) is 11.3 Å². The van der Waals surface area contributed by atoms with E-state index in [0.717, 1.165) is 17.5 Å². The summed E-state index contributed by atoms with van der Waals surface area (Å²) in [4.78, 5) is 4.45. The molecule has 2 nitrogen and oxygen atoms in total. The van der Waals surface area contributed by atoms with Gasteiger partial charge in [0.05, 0.1) is 0 Å². The molecular weight excluding hydrogens is 239 g/mol. The number of hydrogen-bond acceptors (Lipinski definition) is 2. The van der Waals surface area contributed by atoms with Gasteiger partial charge in [0.2, 0.25) is 0 Å². The van der Waals surface area contributed by atoms with Crippen molar-refractivity contribution in [3.8, 4) is 11.3 Å². The van der Waals surface area contributed by atoms with E-state index in [4.69, 9.17) is 5.73 Å². The van der Waals surface area contributed by atoms with Gasteiger partial charge in [0.25, 0.3) is 0 Å². The van der Waals surface area contributed by atoms with Crippen molar-refractivity contribution in [1.29, 1.82) is 0 Å². The van der Waals surface area contributed by atoms with Gasteiger partial charge in [0.15, 0.2) is 0 Å². The topological polar surface area (TPSA) is 38.9 Å². The van der Waals surface area contributed by atoms with Crippen molar-refractivity contribution in [3.63, 3.8) is 0 Å². The summed E-state index contributed by atoms with van der Waals surface area (Å²) in [6, 6.07) is 8.52. The SMILES string of the molecule is Nc1nc2c([se]1)CCc1ccccc1-2. The Morgan fingerprint density at radius 1 is 1.21 bits per heavy atom. The Kier molecular flexibility index (Phi) is 1.76. The molecule has 1 aromatic carbocycles. The predicted octanol–water partition coefficient (Wildman–Crippen LogP) is 1.49. The first-order valence-electron chi connectivity index (χ1n) is 4.68. The summed E-state index contributed by atoms with van der Waals surface area (Å²) in [5.74, 6) is 0. The number of hydrogen-bond donors (Lipinski definition) is 1. The van der Waals surface area contributed by atoms with E-state index in [0.29, 0.717) is 14.5 Å². The molecule has 0 saturated heterocycles. The fourth-order valence-corrected chi connectivity index (χ4v) is 3.74. The third-order valence-electron chi connectivity index (χ3n) is 2.61.